The molecule has 0 aliphatic carbocycles. The van der Waals surface area contributed by atoms with Gasteiger partial charge in [0, 0.05) is 23.0 Å². The van der Waals surface area contributed by atoms with Crippen molar-refractivity contribution in [2.75, 3.05) is 11.4 Å². The minimum absolute atomic E-state index is 0.905. The third-order valence-electron chi connectivity index (χ3n) is 5.62. The van der Waals surface area contributed by atoms with Crippen molar-refractivity contribution in [1.29, 1.82) is 0 Å². The van der Waals surface area contributed by atoms with E-state index in [4.69, 9.17) is 0 Å². The predicted molar refractivity (Wildman–Crippen MR) is 126 cm³/mol. The van der Waals surface area contributed by atoms with Gasteiger partial charge < -0.3 is 4.90 Å². The van der Waals surface area contributed by atoms with Gasteiger partial charge in [0.1, 0.15) is 0 Å². The van der Waals surface area contributed by atoms with Crippen LogP contribution in [0.15, 0.2) is 109 Å². The first kappa shape index (κ1) is 17.5. The lowest BCUT2D eigenvalue weighted by Gasteiger charge is -2.28. The van der Waals surface area contributed by atoms with Crippen LogP contribution in [0.1, 0.15) is 6.92 Å². The van der Waals surface area contributed by atoms with Gasteiger partial charge in [-0.1, -0.05) is 97.1 Å². The number of fused-ring (bicyclic) bond motifs is 2. The summed E-state index contributed by atoms with van der Waals surface area (Å²) in [7, 11) is 0. The van der Waals surface area contributed by atoms with E-state index in [0.717, 1.165) is 6.54 Å². The van der Waals surface area contributed by atoms with Gasteiger partial charge in [-0.2, -0.15) is 0 Å². The highest BCUT2D eigenvalue weighted by Gasteiger charge is 2.19. The first-order valence-electron chi connectivity index (χ1n) is 10.2. The van der Waals surface area contributed by atoms with Crippen LogP contribution >= 0.6 is 0 Å². The molecule has 140 valence electrons. The van der Waals surface area contributed by atoms with Crippen LogP contribution in [0.3, 0.4) is 0 Å². The van der Waals surface area contributed by atoms with Gasteiger partial charge in [0.05, 0.1) is 5.69 Å². The second kappa shape index (κ2) is 7.44. The van der Waals surface area contributed by atoms with Crippen molar-refractivity contribution >= 4 is 32.9 Å². The number of hydrogen-bond donors (Lipinski definition) is 0. The highest BCUT2D eigenvalue weighted by molar-refractivity contribution is 6.21. The van der Waals surface area contributed by atoms with Gasteiger partial charge in [-0.25, -0.2) is 0 Å². The lowest BCUT2D eigenvalue weighted by atomic mass is 9.90. The lowest BCUT2D eigenvalue weighted by Crippen LogP contribution is -2.17. The maximum absolute atomic E-state index is 2.43. The third-order valence-corrected chi connectivity index (χ3v) is 5.62. The van der Waals surface area contributed by atoms with Crippen LogP contribution in [-0.4, -0.2) is 6.54 Å². The second-order valence-electron chi connectivity index (χ2n) is 7.26. The summed E-state index contributed by atoms with van der Waals surface area (Å²) >= 11 is 0. The zero-order valence-corrected chi connectivity index (χ0v) is 16.5. The Balaban J connectivity index is 1.93. The number of anilines is 2. The highest BCUT2D eigenvalue weighted by atomic mass is 15.1. The molecule has 0 spiro atoms. The molecule has 0 aliphatic heterocycles. The van der Waals surface area contributed by atoms with Gasteiger partial charge >= 0.3 is 0 Å². The van der Waals surface area contributed by atoms with Crippen LogP contribution in [-0.2, 0) is 0 Å². The highest BCUT2D eigenvalue weighted by Crippen LogP contribution is 2.44. The van der Waals surface area contributed by atoms with Crippen molar-refractivity contribution in [3.63, 3.8) is 0 Å². The Morgan fingerprint density at radius 1 is 0.517 bits per heavy atom. The molecular weight excluding hydrogens is 350 g/mol. The van der Waals surface area contributed by atoms with E-state index in [9.17, 15) is 0 Å². The summed E-state index contributed by atoms with van der Waals surface area (Å²) in [6.07, 6.45) is 0. The first-order chi connectivity index (χ1) is 14.4. The van der Waals surface area contributed by atoms with Crippen LogP contribution in [0, 0.1) is 0 Å². The zero-order valence-electron chi connectivity index (χ0n) is 16.5. The predicted octanol–water partition coefficient (Wildman–Crippen LogP) is 7.82. The van der Waals surface area contributed by atoms with Crippen molar-refractivity contribution in [3.8, 4) is 11.1 Å². The fourth-order valence-corrected chi connectivity index (χ4v) is 4.39. The largest absolute Gasteiger partial charge is 0.341 e. The van der Waals surface area contributed by atoms with Crippen LogP contribution in [0.4, 0.5) is 11.4 Å². The maximum Gasteiger partial charge on any atom is 0.0570 e. The Kier molecular flexibility index (Phi) is 4.50. The standard InChI is InChI=1S/C28H23N/c1-2-29(22-15-7-4-8-16-22)28-25-19-11-9-17-23(25)27(21-13-5-3-6-14-21)24-18-10-12-20-26(24)28/h3-20H,2H2,1H3. The average molecular weight is 373 g/mol. The van der Waals surface area contributed by atoms with Crippen LogP contribution in [0.25, 0.3) is 32.7 Å². The summed E-state index contributed by atoms with van der Waals surface area (Å²) in [5.74, 6) is 0. The molecule has 0 saturated heterocycles. The van der Waals surface area contributed by atoms with Gasteiger partial charge in [0.15, 0.2) is 0 Å². The minimum Gasteiger partial charge on any atom is -0.341 e. The normalized spacial score (nSPS) is 11.1. The van der Waals surface area contributed by atoms with E-state index in [-0.39, 0.29) is 0 Å². The molecule has 5 rings (SSSR count). The smallest absolute Gasteiger partial charge is 0.0570 e. The summed E-state index contributed by atoms with van der Waals surface area (Å²) < 4.78 is 0. The quantitative estimate of drug-likeness (QED) is 0.290. The molecule has 1 heteroatoms. The van der Waals surface area contributed by atoms with E-state index in [1.54, 1.807) is 0 Å². The Morgan fingerprint density at radius 2 is 0.966 bits per heavy atom. The average Bonchev–Trinajstić information content (AvgIpc) is 2.80. The molecule has 29 heavy (non-hydrogen) atoms. The first-order valence-corrected chi connectivity index (χ1v) is 10.2. The molecule has 0 N–H and O–H groups in total. The van der Waals surface area contributed by atoms with Crippen LogP contribution < -0.4 is 4.90 Å². The summed E-state index contributed by atoms with van der Waals surface area (Å²) in [6.45, 7) is 3.13. The molecule has 0 heterocycles. The second-order valence-corrected chi connectivity index (χ2v) is 7.26. The minimum atomic E-state index is 0.905. The molecule has 0 amide bonds. The Morgan fingerprint density at radius 3 is 1.48 bits per heavy atom. The van der Waals surface area contributed by atoms with Crippen molar-refractivity contribution in [3.05, 3.63) is 109 Å². The van der Waals surface area contributed by atoms with Crippen molar-refractivity contribution in [2.24, 2.45) is 0 Å². The number of hydrogen-bond acceptors (Lipinski definition) is 1. The number of rotatable bonds is 4. The van der Waals surface area contributed by atoms with Crippen molar-refractivity contribution < 1.29 is 0 Å². The van der Waals surface area contributed by atoms with E-state index in [2.05, 4.69) is 121 Å². The monoisotopic (exact) mass is 373 g/mol. The molecule has 0 saturated carbocycles. The van der Waals surface area contributed by atoms with E-state index < -0.39 is 0 Å². The fourth-order valence-electron chi connectivity index (χ4n) is 4.39. The summed E-state index contributed by atoms with van der Waals surface area (Å²) in [5, 5.41) is 5.16. The van der Waals surface area contributed by atoms with Crippen LogP contribution in [0.5, 0.6) is 0 Å². The fraction of sp³-hybridized carbons (Fsp3) is 0.0714. The number of para-hydroxylation sites is 1. The lowest BCUT2D eigenvalue weighted by molar-refractivity contribution is 1.04. The third kappa shape index (κ3) is 2.96. The molecule has 0 radical (unpaired) electrons. The summed E-state index contributed by atoms with van der Waals surface area (Å²) in [6, 6.07) is 39.0. The van der Waals surface area contributed by atoms with E-state index >= 15 is 0 Å². The van der Waals surface area contributed by atoms with Crippen molar-refractivity contribution in [1.82, 2.24) is 0 Å². The van der Waals surface area contributed by atoms with E-state index in [1.165, 1.54) is 44.0 Å². The molecule has 0 aromatic heterocycles. The van der Waals surface area contributed by atoms with Gasteiger partial charge in [-0.05, 0) is 41.0 Å². The Bertz CT molecular complexity index is 1220. The number of benzene rings is 5. The molecule has 5 aromatic rings. The van der Waals surface area contributed by atoms with Crippen molar-refractivity contribution in [2.45, 2.75) is 6.92 Å². The molecule has 1 nitrogen and oxygen atoms in total. The summed E-state index contributed by atoms with van der Waals surface area (Å²) in [4.78, 5) is 2.43. The summed E-state index contributed by atoms with van der Waals surface area (Å²) in [5.41, 5.74) is 5.07. The zero-order chi connectivity index (χ0) is 19.6. The van der Waals surface area contributed by atoms with Gasteiger partial charge in [0.25, 0.3) is 0 Å². The van der Waals surface area contributed by atoms with Crippen LogP contribution in [0.2, 0.25) is 0 Å². The maximum atomic E-state index is 2.43. The molecular formula is C28H23N. The SMILES string of the molecule is CCN(c1ccccc1)c1c2ccccc2c(-c2ccccc2)c2ccccc12. The molecule has 0 bridgehead atoms. The van der Waals surface area contributed by atoms with Gasteiger partial charge in [-0.3, -0.25) is 0 Å². The number of nitrogens with zero attached hydrogens (tertiary/aromatic N) is 1. The van der Waals surface area contributed by atoms with Gasteiger partial charge in [0.2, 0.25) is 0 Å². The topological polar surface area (TPSA) is 3.24 Å². The van der Waals surface area contributed by atoms with Gasteiger partial charge in [-0.15, -0.1) is 0 Å². The Hall–Kier alpha value is -3.58. The molecule has 0 fully saturated rings. The van der Waals surface area contributed by atoms with E-state index in [1.807, 2.05) is 0 Å². The molecule has 0 aliphatic rings. The Labute approximate surface area is 171 Å². The molecule has 0 atom stereocenters. The molecule has 5 aromatic carbocycles. The molecule has 0 unspecified atom stereocenters. The van der Waals surface area contributed by atoms with E-state index in [0.29, 0.717) is 0 Å².